The molecule has 0 unspecified atom stereocenters. The van der Waals surface area contributed by atoms with Gasteiger partial charge in [-0.1, -0.05) is 6.92 Å². The quantitative estimate of drug-likeness (QED) is 0.725. The molecule has 6 nitrogen and oxygen atoms in total. The molecule has 0 aliphatic carbocycles. The third kappa shape index (κ3) is 6.34. The molecule has 0 bridgehead atoms. The standard InChI is InChI=1S/C14H26N2O4/c1-4-14(2,3)15-12(17)9-16-7-5-11(6-8-16)20-10-13(18)19/h11H,4-10H2,1-3H3,(H,15,17)(H,18,19). The molecule has 1 amide bonds. The van der Waals surface area contributed by atoms with Crippen molar-refractivity contribution in [2.24, 2.45) is 0 Å². The molecular formula is C14H26N2O4. The number of hydrogen-bond acceptors (Lipinski definition) is 4. The molecule has 1 heterocycles. The zero-order chi connectivity index (χ0) is 15.2. The van der Waals surface area contributed by atoms with Crippen LogP contribution in [0.3, 0.4) is 0 Å². The van der Waals surface area contributed by atoms with Crippen LogP contribution >= 0.6 is 0 Å². The van der Waals surface area contributed by atoms with Gasteiger partial charge in [-0.05, 0) is 33.1 Å². The lowest BCUT2D eigenvalue weighted by Gasteiger charge is -2.32. The van der Waals surface area contributed by atoms with E-state index in [1.165, 1.54) is 0 Å². The third-order valence-electron chi connectivity index (χ3n) is 3.71. The molecular weight excluding hydrogens is 260 g/mol. The predicted octanol–water partition coefficient (Wildman–Crippen LogP) is 0.857. The van der Waals surface area contributed by atoms with Crippen LogP contribution in [0.2, 0.25) is 0 Å². The highest BCUT2D eigenvalue weighted by Crippen LogP contribution is 2.14. The number of rotatable bonds is 7. The summed E-state index contributed by atoms with van der Waals surface area (Å²) in [4.78, 5) is 24.4. The molecule has 0 aromatic carbocycles. The largest absolute Gasteiger partial charge is 0.480 e. The maximum absolute atomic E-state index is 11.9. The van der Waals surface area contributed by atoms with Gasteiger partial charge in [-0.15, -0.1) is 0 Å². The van der Waals surface area contributed by atoms with Crippen molar-refractivity contribution in [3.05, 3.63) is 0 Å². The first-order valence-corrected chi connectivity index (χ1v) is 7.19. The molecule has 0 aromatic heterocycles. The fourth-order valence-corrected chi connectivity index (χ4v) is 2.13. The predicted molar refractivity (Wildman–Crippen MR) is 75.6 cm³/mol. The van der Waals surface area contributed by atoms with E-state index < -0.39 is 5.97 Å². The Morgan fingerprint density at radius 1 is 1.35 bits per heavy atom. The van der Waals surface area contributed by atoms with E-state index in [1.54, 1.807) is 0 Å². The molecule has 1 aliphatic heterocycles. The Bertz CT molecular complexity index is 336. The fraction of sp³-hybridized carbons (Fsp3) is 0.857. The van der Waals surface area contributed by atoms with E-state index in [9.17, 15) is 9.59 Å². The Hall–Kier alpha value is -1.14. The lowest BCUT2D eigenvalue weighted by molar-refractivity contribution is -0.145. The summed E-state index contributed by atoms with van der Waals surface area (Å²) in [6, 6.07) is 0. The van der Waals surface area contributed by atoms with Crippen molar-refractivity contribution in [3.8, 4) is 0 Å². The lowest BCUT2D eigenvalue weighted by atomic mass is 10.0. The number of amides is 1. The minimum atomic E-state index is -0.936. The Labute approximate surface area is 120 Å². The van der Waals surface area contributed by atoms with Gasteiger partial charge >= 0.3 is 5.97 Å². The number of carbonyl (C=O) groups excluding carboxylic acids is 1. The molecule has 6 heteroatoms. The van der Waals surface area contributed by atoms with Crippen molar-refractivity contribution < 1.29 is 19.4 Å². The molecule has 1 aliphatic rings. The van der Waals surface area contributed by atoms with E-state index in [0.717, 1.165) is 32.4 Å². The molecule has 0 saturated carbocycles. The van der Waals surface area contributed by atoms with Gasteiger partial charge in [-0.2, -0.15) is 0 Å². The normalized spacial score (nSPS) is 17.9. The number of piperidine rings is 1. The smallest absolute Gasteiger partial charge is 0.329 e. The van der Waals surface area contributed by atoms with Crippen molar-refractivity contribution >= 4 is 11.9 Å². The third-order valence-corrected chi connectivity index (χ3v) is 3.71. The van der Waals surface area contributed by atoms with Crippen LogP contribution < -0.4 is 5.32 Å². The number of aliphatic carboxylic acids is 1. The van der Waals surface area contributed by atoms with Gasteiger partial charge in [0.2, 0.25) is 5.91 Å². The highest BCUT2D eigenvalue weighted by molar-refractivity contribution is 5.78. The van der Waals surface area contributed by atoms with Gasteiger partial charge in [0, 0.05) is 18.6 Å². The molecule has 0 aromatic rings. The first-order valence-electron chi connectivity index (χ1n) is 7.19. The summed E-state index contributed by atoms with van der Waals surface area (Å²) in [5.41, 5.74) is -0.167. The zero-order valence-corrected chi connectivity index (χ0v) is 12.6. The highest BCUT2D eigenvalue weighted by Gasteiger charge is 2.24. The van der Waals surface area contributed by atoms with E-state index in [-0.39, 0.29) is 24.2 Å². The summed E-state index contributed by atoms with van der Waals surface area (Å²) in [5, 5.41) is 11.6. The lowest BCUT2D eigenvalue weighted by Crippen LogP contribution is -2.49. The molecule has 116 valence electrons. The number of carbonyl (C=O) groups is 2. The molecule has 20 heavy (non-hydrogen) atoms. The molecule has 0 radical (unpaired) electrons. The highest BCUT2D eigenvalue weighted by atomic mass is 16.5. The Kier molecular flexibility index (Phi) is 6.42. The van der Waals surface area contributed by atoms with E-state index >= 15 is 0 Å². The van der Waals surface area contributed by atoms with Crippen LogP contribution in [0.1, 0.15) is 40.0 Å². The second kappa shape index (κ2) is 7.59. The minimum absolute atomic E-state index is 0.00232. The van der Waals surface area contributed by atoms with E-state index in [2.05, 4.69) is 10.2 Å². The maximum Gasteiger partial charge on any atom is 0.329 e. The van der Waals surface area contributed by atoms with Gasteiger partial charge in [-0.3, -0.25) is 9.69 Å². The van der Waals surface area contributed by atoms with Crippen LogP contribution in [-0.2, 0) is 14.3 Å². The van der Waals surface area contributed by atoms with Gasteiger partial charge in [0.15, 0.2) is 0 Å². The molecule has 1 saturated heterocycles. The van der Waals surface area contributed by atoms with Crippen molar-refractivity contribution in [2.75, 3.05) is 26.2 Å². The number of ether oxygens (including phenoxy) is 1. The van der Waals surface area contributed by atoms with Crippen LogP contribution in [0, 0.1) is 0 Å². The second-order valence-corrected chi connectivity index (χ2v) is 5.97. The van der Waals surface area contributed by atoms with Crippen molar-refractivity contribution in [3.63, 3.8) is 0 Å². The van der Waals surface area contributed by atoms with Crippen molar-refractivity contribution in [1.29, 1.82) is 0 Å². The average Bonchev–Trinajstić information content (AvgIpc) is 2.37. The van der Waals surface area contributed by atoms with Crippen LogP contribution in [0.25, 0.3) is 0 Å². The topological polar surface area (TPSA) is 78.9 Å². The average molecular weight is 286 g/mol. The summed E-state index contributed by atoms with van der Waals surface area (Å²) in [7, 11) is 0. The van der Waals surface area contributed by atoms with Gasteiger partial charge in [-0.25, -0.2) is 4.79 Å². The van der Waals surface area contributed by atoms with Crippen LogP contribution in [0.4, 0.5) is 0 Å². The molecule has 0 spiro atoms. The van der Waals surface area contributed by atoms with Crippen LogP contribution in [0.15, 0.2) is 0 Å². The fourth-order valence-electron chi connectivity index (χ4n) is 2.13. The first-order chi connectivity index (χ1) is 9.32. The molecule has 0 atom stereocenters. The number of nitrogens with zero attached hydrogens (tertiary/aromatic N) is 1. The molecule has 2 N–H and O–H groups in total. The van der Waals surface area contributed by atoms with Gasteiger partial charge in [0.05, 0.1) is 12.6 Å². The number of carboxylic acids is 1. The van der Waals surface area contributed by atoms with E-state index in [1.807, 2.05) is 20.8 Å². The van der Waals surface area contributed by atoms with Gasteiger partial charge < -0.3 is 15.2 Å². The summed E-state index contributed by atoms with van der Waals surface area (Å²) in [6.07, 6.45) is 2.44. The van der Waals surface area contributed by atoms with Crippen LogP contribution in [0.5, 0.6) is 0 Å². The number of hydrogen-bond donors (Lipinski definition) is 2. The summed E-state index contributed by atoms with van der Waals surface area (Å²) < 4.78 is 5.27. The summed E-state index contributed by atoms with van der Waals surface area (Å²) >= 11 is 0. The Morgan fingerprint density at radius 2 is 1.95 bits per heavy atom. The van der Waals surface area contributed by atoms with Gasteiger partial charge in [0.25, 0.3) is 0 Å². The van der Waals surface area contributed by atoms with Gasteiger partial charge in [0.1, 0.15) is 6.61 Å². The van der Waals surface area contributed by atoms with Crippen molar-refractivity contribution in [2.45, 2.75) is 51.7 Å². The summed E-state index contributed by atoms with van der Waals surface area (Å²) in [6.45, 7) is 7.76. The monoisotopic (exact) mass is 286 g/mol. The Morgan fingerprint density at radius 3 is 2.45 bits per heavy atom. The van der Waals surface area contributed by atoms with E-state index in [4.69, 9.17) is 9.84 Å². The first kappa shape index (κ1) is 16.9. The van der Waals surface area contributed by atoms with Crippen molar-refractivity contribution in [1.82, 2.24) is 10.2 Å². The molecule has 1 fully saturated rings. The van der Waals surface area contributed by atoms with E-state index in [0.29, 0.717) is 6.54 Å². The summed E-state index contributed by atoms with van der Waals surface area (Å²) in [5.74, 6) is -0.893. The number of nitrogens with one attached hydrogen (secondary N) is 1. The Balaban J connectivity index is 2.25. The SMILES string of the molecule is CCC(C)(C)NC(=O)CN1CCC(OCC(=O)O)CC1. The second-order valence-electron chi connectivity index (χ2n) is 5.97. The van der Waals surface area contributed by atoms with Crippen LogP contribution in [-0.4, -0.2) is 59.8 Å². The zero-order valence-electron chi connectivity index (χ0n) is 12.6. The number of carboxylic acid groups (broad SMARTS) is 1. The minimum Gasteiger partial charge on any atom is -0.480 e. The maximum atomic E-state index is 11.9. The molecule has 1 rings (SSSR count). The number of likely N-dealkylation sites (tertiary alicyclic amines) is 1.